The molecular formula is C35H38N2O5. The fourth-order valence-corrected chi connectivity index (χ4v) is 4.61. The third-order valence-corrected chi connectivity index (χ3v) is 6.63. The molecule has 7 nitrogen and oxygen atoms in total. The predicted octanol–water partition coefficient (Wildman–Crippen LogP) is 6.52. The fraction of sp³-hybridized carbons (Fsp3) is 0.286. The topological polar surface area (TPSA) is 84.9 Å². The number of fused-ring (bicyclic) bond motifs is 1. The van der Waals surface area contributed by atoms with Gasteiger partial charge in [-0.3, -0.25) is 14.5 Å². The van der Waals surface area contributed by atoms with Crippen molar-refractivity contribution in [1.29, 1.82) is 0 Å². The van der Waals surface area contributed by atoms with Crippen LogP contribution in [-0.2, 0) is 20.7 Å². The molecule has 0 heterocycles. The molecule has 0 aliphatic rings. The second-order valence-electron chi connectivity index (χ2n) is 11.1. The van der Waals surface area contributed by atoms with Gasteiger partial charge >= 0.3 is 6.09 Å². The SMILES string of the molecule is CC(C)(C)OC(=O)NCC(C(=O)N(CCCOc1ccccc1)C(=O)Cc1ccccc1)c1ccc2ccccc2c1. The Balaban J connectivity index is 1.59. The Labute approximate surface area is 247 Å². The van der Waals surface area contributed by atoms with Crippen LogP contribution >= 0.6 is 0 Å². The summed E-state index contributed by atoms with van der Waals surface area (Å²) in [6, 6.07) is 32.4. The summed E-state index contributed by atoms with van der Waals surface area (Å²) in [5.41, 5.74) is 0.825. The van der Waals surface area contributed by atoms with E-state index in [1.54, 1.807) is 20.8 Å². The number of imide groups is 1. The van der Waals surface area contributed by atoms with Crippen molar-refractivity contribution in [3.63, 3.8) is 0 Å². The molecule has 218 valence electrons. The molecule has 7 heteroatoms. The van der Waals surface area contributed by atoms with Crippen LogP contribution in [0.5, 0.6) is 5.75 Å². The minimum absolute atomic E-state index is 0.0261. The van der Waals surface area contributed by atoms with Gasteiger partial charge in [0.05, 0.1) is 18.9 Å². The van der Waals surface area contributed by atoms with Gasteiger partial charge in [-0.1, -0.05) is 91.0 Å². The summed E-state index contributed by atoms with van der Waals surface area (Å²) in [5.74, 6) is -0.783. The molecule has 0 spiro atoms. The summed E-state index contributed by atoms with van der Waals surface area (Å²) in [6.45, 7) is 5.82. The number of hydrogen-bond acceptors (Lipinski definition) is 5. The molecule has 3 amide bonds. The summed E-state index contributed by atoms with van der Waals surface area (Å²) >= 11 is 0. The number of ether oxygens (including phenoxy) is 2. The highest BCUT2D eigenvalue weighted by Gasteiger charge is 2.31. The van der Waals surface area contributed by atoms with Crippen molar-refractivity contribution >= 4 is 28.7 Å². The lowest BCUT2D eigenvalue weighted by molar-refractivity contribution is -0.145. The van der Waals surface area contributed by atoms with E-state index in [0.717, 1.165) is 22.1 Å². The molecule has 1 atom stereocenters. The molecule has 42 heavy (non-hydrogen) atoms. The second-order valence-corrected chi connectivity index (χ2v) is 11.1. The van der Waals surface area contributed by atoms with E-state index >= 15 is 0 Å². The number of hydrogen-bond donors (Lipinski definition) is 1. The van der Waals surface area contributed by atoms with Gasteiger partial charge in [0.2, 0.25) is 11.8 Å². The van der Waals surface area contributed by atoms with Crippen LogP contribution in [0.4, 0.5) is 4.79 Å². The monoisotopic (exact) mass is 566 g/mol. The van der Waals surface area contributed by atoms with Crippen molar-refractivity contribution in [2.75, 3.05) is 19.7 Å². The highest BCUT2D eigenvalue weighted by atomic mass is 16.6. The van der Waals surface area contributed by atoms with Crippen LogP contribution in [-0.4, -0.2) is 48.1 Å². The van der Waals surface area contributed by atoms with Gasteiger partial charge < -0.3 is 14.8 Å². The maximum atomic E-state index is 14.2. The van der Waals surface area contributed by atoms with Crippen LogP contribution in [0.15, 0.2) is 103 Å². The summed E-state index contributed by atoms with van der Waals surface area (Å²) < 4.78 is 11.3. The zero-order valence-electron chi connectivity index (χ0n) is 24.4. The van der Waals surface area contributed by atoms with Crippen molar-refractivity contribution in [2.24, 2.45) is 0 Å². The van der Waals surface area contributed by atoms with Crippen LogP contribution in [0.2, 0.25) is 0 Å². The predicted molar refractivity (Wildman–Crippen MR) is 164 cm³/mol. The highest BCUT2D eigenvalue weighted by Crippen LogP contribution is 2.25. The van der Waals surface area contributed by atoms with E-state index in [9.17, 15) is 14.4 Å². The Hall–Kier alpha value is -4.65. The highest BCUT2D eigenvalue weighted by molar-refractivity contribution is 6.00. The van der Waals surface area contributed by atoms with Gasteiger partial charge in [0.25, 0.3) is 0 Å². The first-order chi connectivity index (χ1) is 20.2. The minimum atomic E-state index is -0.808. The quantitative estimate of drug-likeness (QED) is 0.209. The zero-order valence-corrected chi connectivity index (χ0v) is 24.4. The van der Waals surface area contributed by atoms with E-state index in [2.05, 4.69) is 5.32 Å². The van der Waals surface area contributed by atoms with Crippen LogP contribution in [0.1, 0.15) is 44.2 Å². The summed E-state index contributed by atoms with van der Waals surface area (Å²) in [7, 11) is 0. The van der Waals surface area contributed by atoms with E-state index in [1.165, 1.54) is 4.90 Å². The summed E-state index contributed by atoms with van der Waals surface area (Å²) in [5, 5.41) is 4.75. The Morgan fingerprint density at radius 1 is 0.810 bits per heavy atom. The lowest BCUT2D eigenvalue weighted by Crippen LogP contribution is -2.45. The largest absolute Gasteiger partial charge is 0.494 e. The van der Waals surface area contributed by atoms with Gasteiger partial charge in [-0.05, 0) is 61.2 Å². The van der Waals surface area contributed by atoms with Crippen LogP contribution in [0, 0.1) is 0 Å². The van der Waals surface area contributed by atoms with Crippen molar-refractivity contribution in [1.82, 2.24) is 10.2 Å². The third-order valence-electron chi connectivity index (χ3n) is 6.63. The van der Waals surface area contributed by atoms with Crippen molar-refractivity contribution < 1.29 is 23.9 Å². The van der Waals surface area contributed by atoms with E-state index < -0.39 is 17.6 Å². The summed E-state index contributed by atoms with van der Waals surface area (Å²) in [6.07, 6.45) is -0.0965. The first kappa shape index (κ1) is 30.3. The van der Waals surface area contributed by atoms with Crippen molar-refractivity contribution in [3.8, 4) is 5.75 Å². The Morgan fingerprint density at radius 2 is 1.45 bits per heavy atom. The number of amides is 3. The fourth-order valence-electron chi connectivity index (χ4n) is 4.61. The van der Waals surface area contributed by atoms with Gasteiger partial charge in [-0.15, -0.1) is 0 Å². The molecule has 0 bridgehead atoms. The number of benzene rings is 4. The molecule has 4 aromatic carbocycles. The molecule has 0 aromatic heterocycles. The van der Waals surface area contributed by atoms with Crippen molar-refractivity contribution in [2.45, 2.75) is 45.1 Å². The number of nitrogens with one attached hydrogen (secondary N) is 1. The van der Waals surface area contributed by atoms with Crippen LogP contribution < -0.4 is 10.1 Å². The molecule has 1 unspecified atom stereocenters. The maximum Gasteiger partial charge on any atom is 0.407 e. The van der Waals surface area contributed by atoms with Gasteiger partial charge in [-0.2, -0.15) is 0 Å². The minimum Gasteiger partial charge on any atom is -0.494 e. The van der Waals surface area contributed by atoms with E-state index in [1.807, 2.05) is 103 Å². The van der Waals surface area contributed by atoms with E-state index in [4.69, 9.17) is 9.47 Å². The zero-order chi connectivity index (χ0) is 30.0. The lowest BCUT2D eigenvalue weighted by Gasteiger charge is -2.27. The molecule has 1 N–H and O–H groups in total. The first-order valence-corrected chi connectivity index (χ1v) is 14.2. The average molecular weight is 567 g/mol. The molecular weight excluding hydrogens is 528 g/mol. The number of nitrogens with zero attached hydrogens (tertiary/aromatic N) is 1. The molecule has 0 fully saturated rings. The average Bonchev–Trinajstić information content (AvgIpc) is 2.97. The smallest absolute Gasteiger partial charge is 0.407 e. The van der Waals surface area contributed by atoms with Gasteiger partial charge in [0, 0.05) is 13.1 Å². The van der Waals surface area contributed by atoms with Gasteiger partial charge in [-0.25, -0.2) is 4.79 Å². The second kappa shape index (κ2) is 14.3. The summed E-state index contributed by atoms with van der Waals surface area (Å²) in [4.78, 5) is 41.8. The number of para-hydroxylation sites is 1. The Morgan fingerprint density at radius 3 is 2.14 bits per heavy atom. The lowest BCUT2D eigenvalue weighted by atomic mass is 9.94. The molecule has 0 aliphatic heterocycles. The Kier molecular flexibility index (Phi) is 10.3. The van der Waals surface area contributed by atoms with Crippen LogP contribution in [0.25, 0.3) is 10.8 Å². The van der Waals surface area contributed by atoms with Crippen molar-refractivity contribution in [3.05, 3.63) is 114 Å². The van der Waals surface area contributed by atoms with E-state index in [-0.39, 0.29) is 31.3 Å². The molecule has 0 saturated heterocycles. The number of alkyl carbamates (subject to hydrolysis) is 1. The van der Waals surface area contributed by atoms with Gasteiger partial charge in [0.15, 0.2) is 0 Å². The number of carbonyl (C=O) groups is 3. The number of rotatable bonds is 11. The van der Waals surface area contributed by atoms with E-state index in [0.29, 0.717) is 18.6 Å². The Bertz CT molecular complexity index is 1480. The standard InChI is InChI=1S/C35H38N2O5/c1-35(2,3)42-34(40)36-25-31(29-20-19-27-15-10-11-16-28(27)24-29)33(39)37(32(38)23-26-13-6-4-7-14-26)21-12-22-41-30-17-8-5-9-18-30/h4-11,13-20,24,31H,12,21-23,25H2,1-3H3,(H,36,40). The first-order valence-electron chi connectivity index (χ1n) is 14.2. The number of carbonyl (C=O) groups excluding carboxylic acids is 3. The molecule has 0 aliphatic carbocycles. The molecule has 0 saturated carbocycles. The normalized spacial score (nSPS) is 11.9. The molecule has 0 radical (unpaired) electrons. The van der Waals surface area contributed by atoms with Crippen LogP contribution in [0.3, 0.4) is 0 Å². The third kappa shape index (κ3) is 8.93. The van der Waals surface area contributed by atoms with Gasteiger partial charge in [0.1, 0.15) is 11.4 Å². The molecule has 4 rings (SSSR count). The maximum absolute atomic E-state index is 14.2. The molecule has 4 aromatic rings.